The molecule has 0 aromatic carbocycles. The standard InChI is InChI=1S/C10H15N3O/c1-2-11-8-10(14)13-7-9-4-3-5-12-6-9/h3-6,11H,2,7-8H2,1H3,(H,13,14). The van der Waals surface area contributed by atoms with E-state index in [4.69, 9.17) is 0 Å². The number of hydrogen-bond acceptors (Lipinski definition) is 3. The fourth-order valence-electron chi connectivity index (χ4n) is 1.00. The summed E-state index contributed by atoms with van der Waals surface area (Å²) < 4.78 is 0. The van der Waals surface area contributed by atoms with E-state index < -0.39 is 0 Å². The van der Waals surface area contributed by atoms with E-state index in [-0.39, 0.29) is 5.91 Å². The Kier molecular flexibility index (Phi) is 4.64. The van der Waals surface area contributed by atoms with Crippen LogP contribution in [0, 0.1) is 0 Å². The second-order valence-electron chi connectivity index (χ2n) is 2.92. The first-order chi connectivity index (χ1) is 6.83. The molecular weight excluding hydrogens is 178 g/mol. The van der Waals surface area contributed by atoms with Gasteiger partial charge in [0.1, 0.15) is 0 Å². The molecule has 0 bridgehead atoms. The molecule has 0 spiro atoms. The van der Waals surface area contributed by atoms with Gasteiger partial charge in [0.05, 0.1) is 6.54 Å². The van der Waals surface area contributed by atoms with Crippen LogP contribution in [-0.2, 0) is 11.3 Å². The van der Waals surface area contributed by atoms with Gasteiger partial charge in [-0.25, -0.2) is 0 Å². The average molecular weight is 193 g/mol. The SMILES string of the molecule is CCNCC(=O)NCc1cccnc1. The topological polar surface area (TPSA) is 54.0 Å². The zero-order valence-corrected chi connectivity index (χ0v) is 8.29. The normalized spacial score (nSPS) is 9.79. The number of amides is 1. The van der Waals surface area contributed by atoms with Crippen molar-refractivity contribution in [3.63, 3.8) is 0 Å². The fraction of sp³-hybridized carbons (Fsp3) is 0.400. The first-order valence-electron chi connectivity index (χ1n) is 4.69. The Hall–Kier alpha value is -1.42. The van der Waals surface area contributed by atoms with Crippen LogP contribution in [0.1, 0.15) is 12.5 Å². The third-order valence-electron chi connectivity index (χ3n) is 1.75. The van der Waals surface area contributed by atoms with Crippen LogP contribution in [0.15, 0.2) is 24.5 Å². The van der Waals surface area contributed by atoms with Gasteiger partial charge in [0, 0.05) is 18.9 Å². The highest BCUT2D eigenvalue weighted by atomic mass is 16.1. The molecule has 4 nitrogen and oxygen atoms in total. The van der Waals surface area contributed by atoms with E-state index >= 15 is 0 Å². The van der Waals surface area contributed by atoms with Gasteiger partial charge in [-0.2, -0.15) is 0 Å². The molecule has 76 valence electrons. The Morgan fingerprint density at radius 2 is 2.43 bits per heavy atom. The number of likely N-dealkylation sites (N-methyl/N-ethyl adjacent to an activating group) is 1. The lowest BCUT2D eigenvalue weighted by atomic mass is 10.3. The predicted molar refractivity (Wildman–Crippen MR) is 54.6 cm³/mol. The molecular formula is C10H15N3O. The zero-order valence-electron chi connectivity index (χ0n) is 8.29. The molecule has 1 aromatic heterocycles. The highest BCUT2D eigenvalue weighted by Crippen LogP contribution is 1.93. The van der Waals surface area contributed by atoms with Crippen LogP contribution < -0.4 is 10.6 Å². The van der Waals surface area contributed by atoms with E-state index in [0.29, 0.717) is 13.1 Å². The van der Waals surface area contributed by atoms with Crippen LogP contribution in [0.5, 0.6) is 0 Å². The van der Waals surface area contributed by atoms with Gasteiger partial charge in [-0.05, 0) is 18.2 Å². The summed E-state index contributed by atoms with van der Waals surface area (Å²) in [6, 6.07) is 3.78. The molecule has 0 aliphatic heterocycles. The van der Waals surface area contributed by atoms with Crippen LogP contribution in [0.25, 0.3) is 0 Å². The van der Waals surface area contributed by atoms with Crippen LogP contribution >= 0.6 is 0 Å². The maximum atomic E-state index is 11.2. The Labute approximate surface area is 83.7 Å². The van der Waals surface area contributed by atoms with Gasteiger partial charge in [0.2, 0.25) is 5.91 Å². The quantitative estimate of drug-likeness (QED) is 0.707. The Bertz CT molecular complexity index is 274. The summed E-state index contributed by atoms with van der Waals surface area (Å²) in [4.78, 5) is 15.1. The van der Waals surface area contributed by atoms with Crippen molar-refractivity contribution in [2.45, 2.75) is 13.5 Å². The zero-order chi connectivity index (χ0) is 10.2. The van der Waals surface area contributed by atoms with Gasteiger partial charge in [0.25, 0.3) is 0 Å². The maximum Gasteiger partial charge on any atom is 0.234 e. The maximum absolute atomic E-state index is 11.2. The lowest BCUT2D eigenvalue weighted by Crippen LogP contribution is -2.33. The van der Waals surface area contributed by atoms with E-state index in [1.165, 1.54) is 0 Å². The third kappa shape index (κ3) is 4.00. The summed E-state index contributed by atoms with van der Waals surface area (Å²) in [6.45, 7) is 3.68. The molecule has 0 aliphatic rings. The second kappa shape index (κ2) is 6.10. The van der Waals surface area contributed by atoms with Crippen molar-refractivity contribution < 1.29 is 4.79 Å². The molecule has 1 rings (SSSR count). The molecule has 0 unspecified atom stereocenters. The summed E-state index contributed by atoms with van der Waals surface area (Å²) in [6.07, 6.45) is 3.46. The Morgan fingerprint density at radius 1 is 1.57 bits per heavy atom. The largest absolute Gasteiger partial charge is 0.351 e. The van der Waals surface area contributed by atoms with Crippen molar-refractivity contribution in [2.24, 2.45) is 0 Å². The molecule has 14 heavy (non-hydrogen) atoms. The highest BCUT2D eigenvalue weighted by molar-refractivity contribution is 5.77. The van der Waals surface area contributed by atoms with Gasteiger partial charge in [0.15, 0.2) is 0 Å². The molecule has 2 N–H and O–H groups in total. The number of nitrogens with zero attached hydrogens (tertiary/aromatic N) is 1. The van der Waals surface area contributed by atoms with E-state index in [9.17, 15) is 4.79 Å². The van der Waals surface area contributed by atoms with Gasteiger partial charge in [-0.1, -0.05) is 13.0 Å². The van der Waals surface area contributed by atoms with Crippen molar-refractivity contribution in [3.8, 4) is 0 Å². The first-order valence-corrected chi connectivity index (χ1v) is 4.69. The molecule has 0 saturated carbocycles. The van der Waals surface area contributed by atoms with E-state index in [2.05, 4.69) is 15.6 Å². The summed E-state index contributed by atoms with van der Waals surface area (Å²) in [5.74, 6) is 0.00991. The molecule has 1 aromatic rings. The minimum absolute atomic E-state index is 0.00991. The van der Waals surface area contributed by atoms with E-state index in [1.807, 2.05) is 19.1 Å². The number of nitrogens with one attached hydrogen (secondary N) is 2. The third-order valence-corrected chi connectivity index (χ3v) is 1.75. The summed E-state index contributed by atoms with van der Waals surface area (Å²) in [5.41, 5.74) is 1.01. The fourth-order valence-corrected chi connectivity index (χ4v) is 1.00. The van der Waals surface area contributed by atoms with Gasteiger partial charge in [-0.15, -0.1) is 0 Å². The molecule has 1 heterocycles. The van der Waals surface area contributed by atoms with Crippen LogP contribution in [-0.4, -0.2) is 24.0 Å². The molecule has 1 amide bonds. The number of hydrogen-bond donors (Lipinski definition) is 2. The number of aromatic nitrogens is 1. The van der Waals surface area contributed by atoms with Crippen molar-refractivity contribution in [1.82, 2.24) is 15.6 Å². The Morgan fingerprint density at radius 3 is 3.07 bits per heavy atom. The first kappa shape index (κ1) is 10.7. The molecule has 0 saturated heterocycles. The van der Waals surface area contributed by atoms with Crippen molar-refractivity contribution >= 4 is 5.91 Å². The molecule has 0 atom stereocenters. The molecule has 0 radical (unpaired) electrons. The van der Waals surface area contributed by atoms with Crippen LogP contribution in [0.3, 0.4) is 0 Å². The van der Waals surface area contributed by atoms with Crippen molar-refractivity contribution in [3.05, 3.63) is 30.1 Å². The van der Waals surface area contributed by atoms with Gasteiger partial charge >= 0.3 is 0 Å². The smallest absolute Gasteiger partial charge is 0.234 e. The minimum atomic E-state index is 0.00991. The number of carbonyl (C=O) groups is 1. The van der Waals surface area contributed by atoms with Crippen molar-refractivity contribution in [1.29, 1.82) is 0 Å². The van der Waals surface area contributed by atoms with Crippen molar-refractivity contribution in [2.75, 3.05) is 13.1 Å². The van der Waals surface area contributed by atoms with Crippen LogP contribution in [0.2, 0.25) is 0 Å². The molecule has 0 aliphatic carbocycles. The van der Waals surface area contributed by atoms with E-state index in [1.54, 1.807) is 12.4 Å². The summed E-state index contributed by atoms with van der Waals surface area (Å²) in [5, 5.41) is 5.75. The predicted octanol–water partition coefficient (Wildman–Crippen LogP) is 0.307. The molecule has 0 fully saturated rings. The highest BCUT2D eigenvalue weighted by Gasteiger charge is 1.98. The Balaban J connectivity index is 2.24. The monoisotopic (exact) mass is 193 g/mol. The van der Waals surface area contributed by atoms with Gasteiger partial charge in [-0.3, -0.25) is 9.78 Å². The van der Waals surface area contributed by atoms with Crippen LogP contribution in [0.4, 0.5) is 0 Å². The minimum Gasteiger partial charge on any atom is -0.351 e. The van der Waals surface area contributed by atoms with E-state index in [0.717, 1.165) is 12.1 Å². The number of rotatable bonds is 5. The second-order valence-corrected chi connectivity index (χ2v) is 2.92. The number of pyridine rings is 1. The lowest BCUT2D eigenvalue weighted by molar-refractivity contribution is -0.120. The summed E-state index contributed by atoms with van der Waals surface area (Å²) in [7, 11) is 0. The summed E-state index contributed by atoms with van der Waals surface area (Å²) >= 11 is 0. The number of carbonyl (C=O) groups excluding carboxylic acids is 1. The molecule has 4 heteroatoms. The van der Waals surface area contributed by atoms with Gasteiger partial charge < -0.3 is 10.6 Å². The lowest BCUT2D eigenvalue weighted by Gasteiger charge is -2.04. The average Bonchev–Trinajstić information content (AvgIpc) is 2.25.